The lowest BCUT2D eigenvalue weighted by Crippen LogP contribution is -2.60. The second kappa shape index (κ2) is 2.26. The van der Waals surface area contributed by atoms with E-state index in [0.717, 1.165) is 12.8 Å². The first-order valence-electron chi connectivity index (χ1n) is 5.08. The third kappa shape index (κ3) is 0.905. The molecule has 3 atom stereocenters. The van der Waals surface area contributed by atoms with Gasteiger partial charge >= 0.3 is 0 Å². The number of carbonyl (C=O) groups excluding carboxylic acids is 1. The molecule has 0 aromatic carbocycles. The molecule has 13 heavy (non-hydrogen) atoms. The first-order valence-corrected chi connectivity index (χ1v) is 5.08. The molecule has 0 amide bonds. The zero-order valence-corrected chi connectivity index (χ0v) is 8.76. The van der Waals surface area contributed by atoms with Gasteiger partial charge in [-0.15, -0.1) is 6.58 Å². The molecule has 3 aliphatic rings. The van der Waals surface area contributed by atoms with Crippen molar-refractivity contribution in [3.63, 3.8) is 0 Å². The Balaban J connectivity index is 2.37. The Morgan fingerprint density at radius 3 is 2.46 bits per heavy atom. The number of ketones is 1. The Bertz CT molecular complexity index is 277. The summed E-state index contributed by atoms with van der Waals surface area (Å²) in [6.07, 6.45) is 3.80. The van der Waals surface area contributed by atoms with E-state index in [-0.39, 0.29) is 10.8 Å². The first-order chi connectivity index (χ1) is 5.92. The van der Waals surface area contributed by atoms with Gasteiger partial charge in [0.1, 0.15) is 5.78 Å². The lowest BCUT2D eigenvalue weighted by atomic mass is 9.41. The highest BCUT2D eigenvalue weighted by atomic mass is 16.1. The van der Waals surface area contributed by atoms with E-state index in [1.807, 2.05) is 6.08 Å². The van der Waals surface area contributed by atoms with Crippen LogP contribution in [-0.2, 0) is 4.79 Å². The van der Waals surface area contributed by atoms with E-state index >= 15 is 0 Å². The summed E-state index contributed by atoms with van der Waals surface area (Å²) >= 11 is 0. The average molecular weight is 178 g/mol. The van der Waals surface area contributed by atoms with Gasteiger partial charge in [0.25, 0.3) is 0 Å². The Hall–Kier alpha value is -0.590. The highest BCUT2D eigenvalue weighted by Gasteiger charge is 2.61. The molecule has 3 saturated carbocycles. The fourth-order valence-electron chi connectivity index (χ4n) is 3.43. The van der Waals surface area contributed by atoms with Crippen molar-refractivity contribution in [2.75, 3.05) is 0 Å². The third-order valence-corrected chi connectivity index (χ3v) is 4.47. The smallest absolute Gasteiger partial charge is 0.137 e. The predicted molar refractivity (Wildman–Crippen MR) is 53.3 cm³/mol. The van der Waals surface area contributed by atoms with Crippen molar-refractivity contribution in [3.8, 4) is 0 Å². The van der Waals surface area contributed by atoms with Gasteiger partial charge in [0.05, 0.1) is 0 Å². The van der Waals surface area contributed by atoms with Crippen LogP contribution >= 0.6 is 0 Å². The van der Waals surface area contributed by atoms with Gasteiger partial charge in [0, 0.05) is 12.3 Å². The topological polar surface area (TPSA) is 17.1 Å². The van der Waals surface area contributed by atoms with Crippen LogP contribution in [0, 0.1) is 22.7 Å². The Morgan fingerprint density at radius 1 is 1.46 bits per heavy atom. The quantitative estimate of drug-likeness (QED) is 0.564. The van der Waals surface area contributed by atoms with E-state index < -0.39 is 0 Å². The minimum absolute atomic E-state index is 0.0648. The molecule has 0 radical (unpaired) electrons. The summed E-state index contributed by atoms with van der Waals surface area (Å²) < 4.78 is 0. The molecule has 3 fully saturated rings. The van der Waals surface area contributed by atoms with Crippen molar-refractivity contribution in [2.45, 2.75) is 33.6 Å². The normalized spacial score (nSPS) is 46.8. The van der Waals surface area contributed by atoms with Gasteiger partial charge in [-0.05, 0) is 23.2 Å². The van der Waals surface area contributed by atoms with Crippen LogP contribution in [0.3, 0.4) is 0 Å². The Kier molecular flexibility index (Phi) is 1.56. The molecular formula is C12H18O. The SMILES string of the molecule is C=C[C@]1(C)CC(=O)[C@@H]2C[C@H]1C2(C)C. The van der Waals surface area contributed by atoms with Crippen molar-refractivity contribution >= 4 is 5.78 Å². The fraction of sp³-hybridized carbons (Fsp3) is 0.750. The summed E-state index contributed by atoms with van der Waals surface area (Å²) in [7, 11) is 0. The molecular weight excluding hydrogens is 160 g/mol. The summed E-state index contributed by atoms with van der Waals surface area (Å²) in [6, 6.07) is 0. The number of hydrogen-bond acceptors (Lipinski definition) is 1. The molecule has 0 aromatic heterocycles. The molecule has 3 aliphatic carbocycles. The van der Waals surface area contributed by atoms with E-state index in [1.54, 1.807) is 0 Å². The molecule has 0 heterocycles. The molecule has 3 rings (SSSR count). The second-order valence-corrected chi connectivity index (χ2v) is 5.52. The van der Waals surface area contributed by atoms with Gasteiger partial charge in [-0.25, -0.2) is 0 Å². The number of hydrogen-bond donors (Lipinski definition) is 0. The van der Waals surface area contributed by atoms with Crippen LogP contribution < -0.4 is 0 Å². The molecule has 0 unspecified atom stereocenters. The molecule has 0 aromatic rings. The van der Waals surface area contributed by atoms with Crippen LogP contribution in [0.25, 0.3) is 0 Å². The van der Waals surface area contributed by atoms with Crippen molar-refractivity contribution in [1.82, 2.24) is 0 Å². The fourth-order valence-corrected chi connectivity index (χ4v) is 3.43. The van der Waals surface area contributed by atoms with Crippen LogP contribution in [0.2, 0.25) is 0 Å². The zero-order chi connectivity index (χ0) is 9.85. The van der Waals surface area contributed by atoms with Gasteiger partial charge in [-0.2, -0.15) is 0 Å². The van der Waals surface area contributed by atoms with Gasteiger partial charge in [-0.1, -0.05) is 26.8 Å². The summed E-state index contributed by atoms with van der Waals surface area (Å²) in [5.74, 6) is 1.46. The lowest BCUT2D eigenvalue weighted by Gasteiger charge is -2.62. The van der Waals surface area contributed by atoms with Crippen LogP contribution in [0.15, 0.2) is 12.7 Å². The third-order valence-electron chi connectivity index (χ3n) is 4.47. The molecule has 2 bridgehead atoms. The van der Waals surface area contributed by atoms with Crippen LogP contribution in [-0.4, -0.2) is 5.78 Å². The maximum Gasteiger partial charge on any atom is 0.137 e. The summed E-state index contributed by atoms with van der Waals surface area (Å²) in [5, 5.41) is 0. The predicted octanol–water partition coefficient (Wildman–Crippen LogP) is 2.81. The van der Waals surface area contributed by atoms with Crippen LogP contribution in [0.4, 0.5) is 0 Å². The van der Waals surface area contributed by atoms with Crippen molar-refractivity contribution in [1.29, 1.82) is 0 Å². The number of carbonyl (C=O) groups is 1. The van der Waals surface area contributed by atoms with Crippen molar-refractivity contribution in [3.05, 3.63) is 12.7 Å². The number of Topliss-reactive ketones (excluding diaryl/α,β-unsaturated/α-hetero) is 1. The van der Waals surface area contributed by atoms with Crippen LogP contribution in [0.5, 0.6) is 0 Å². The van der Waals surface area contributed by atoms with Gasteiger partial charge in [-0.3, -0.25) is 4.79 Å². The molecule has 1 heteroatoms. The highest BCUT2D eigenvalue weighted by Crippen LogP contribution is 2.64. The largest absolute Gasteiger partial charge is 0.299 e. The standard InChI is InChI=1S/C12H18O/c1-5-12(4)7-9(13)8-6-10(12)11(8,2)3/h5,8,10H,1,6-7H2,2-4H3/t8-,10-,12+/m0/s1. The Labute approximate surface area is 80.2 Å². The Morgan fingerprint density at radius 2 is 2.08 bits per heavy atom. The van der Waals surface area contributed by atoms with E-state index in [1.165, 1.54) is 0 Å². The summed E-state index contributed by atoms with van der Waals surface area (Å²) in [4.78, 5) is 11.8. The van der Waals surface area contributed by atoms with Crippen molar-refractivity contribution in [2.24, 2.45) is 22.7 Å². The minimum atomic E-state index is 0.0648. The monoisotopic (exact) mass is 178 g/mol. The number of allylic oxidation sites excluding steroid dienone is 1. The molecule has 0 spiro atoms. The second-order valence-electron chi connectivity index (χ2n) is 5.52. The molecule has 1 nitrogen and oxygen atoms in total. The van der Waals surface area contributed by atoms with E-state index in [2.05, 4.69) is 27.4 Å². The number of fused-ring (bicyclic) bond motifs is 2. The van der Waals surface area contributed by atoms with Crippen molar-refractivity contribution < 1.29 is 4.79 Å². The number of rotatable bonds is 1. The molecule has 0 aliphatic heterocycles. The highest BCUT2D eigenvalue weighted by molar-refractivity contribution is 5.85. The van der Waals surface area contributed by atoms with Crippen LogP contribution in [0.1, 0.15) is 33.6 Å². The van der Waals surface area contributed by atoms with E-state index in [0.29, 0.717) is 17.6 Å². The van der Waals surface area contributed by atoms with E-state index in [4.69, 9.17) is 0 Å². The molecule has 72 valence electrons. The van der Waals surface area contributed by atoms with Gasteiger partial charge in [0.15, 0.2) is 0 Å². The van der Waals surface area contributed by atoms with Gasteiger partial charge < -0.3 is 0 Å². The van der Waals surface area contributed by atoms with Gasteiger partial charge in [0.2, 0.25) is 0 Å². The van der Waals surface area contributed by atoms with E-state index in [9.17, 15) is 4.79 Å². The average Bonchev–Trinajstić information content (AvgIpc) is 2.02. The molecule has 0 N–H and O–H groups in total. The lowest BCUT2D eigenvalue weighted by molar-refractivity contribution is -0.165. The first kappa shape index (κ1) is 8.98. The zero-order valence-electron chi connectivity index (χ0n) is 8.76. The maximum absolute atomic E-state index is 11.8. The maximum atomic E-state index is 11.8. The summed E-state index contributed by atoms with van der Waals surface area (Å²) in [5.41, 5.74) is 0.285. The molecule has 0 saturated heterocycles. The minimum Gasteiger partial charge on any atom is -0.299 e. The summed E-state index contributed by atoms with van der Waals surface area (Å²) in [6.45, 7) is 10.5.